The molecule has 7 heteroatoms. The molecule has 0 unspecified atom stereocenters. The molecule has 0 fully saturated rings. The van der Waals surface area contributed by atoms with Crippen LogP contribution in [-0.4, -0.2) is 25.3 Å². The number of phenols is 1. The van der Waals surface area contributed by atoms with Gasteiger partial charge >= 0.3 is 0 Å². The first-order chi connectivity index (χ1) is 10.7. The fourth-order valence-corrected chi connectivity index (χ4v) is 2.10. The van der Waals surface area contributed by atoms with E-state index in [1.54, 1.807) is 41.2 Å². The molecule has 0 amide bonds. The monoisotopic (exact) mass is 357 g/mol. The Labute approximate surface area is 135 Å². The van der Waals surface area contributed by atoms with Crippen LogP contribution in [0.25, 0.3) is 11.8 Å². The smallest absolute Gasteiger partial charge is 0.181 e. The van der Waals surface area contributed by atoms with Crippen LogP contribution in [0.15, 0.2) is 59.2 Å². The van der Waals surface area contributed by atoms with Crippen LogP contribution >= 0.6 is 15.9 Å². The molecule has 0 radical (unpaired) electrons. The van der Waals surface area contributed by atoms with Gasteiger partial charge in [-0.2, -0.15) is 4.68 Å². The van der Waals surface area contributed by atoms with Crippen LogP contribution in [-0.2, 0) is 0 Å². The molecule has 6 nitrogen and oxygen atoms in total. The van der Waals surface area contributed by atoms with Crippen LogP contribution in [0, 0.1) is 0 Å². The largest absolute Gasteiger partial charge is 0.508 e. The van der Waals surface area contributed by atoms with Gasteiger partial charge in [0.2, 0.25) is 0 Å². The molecule has 0 bridgehead atoms. The third-order valence-electron chi connectivity index (χ3n) is 2.91. The zero-order valence-electron chi connectivity index (χ0n) is 11.4. The standard InChI is InChI=1S/C15H12BrN5O/c16-11-1-5-13(6-2-11)21-15(18-19-20-21)9-10-17-12-3-7-14(22)8-4-12/h1-10,17,22H/b10-9-. The number of benzene rings is 2. The summed E-state index contributed by atoms with van der Waals surface area (Å²) in [4.78, 5) is 0. The molecule has 1 heterocycles. The number of hydrogen-bond donors (Lipinski definition) is 2. The van der Waals surface area contributed by atoms with Gasteiger partial charge in [-0.25, -0.2) is 0 Å². The topological polar surface area (TPSA) is 75.9 Å². The second-order valence-corrected chi connectivity index (χ2v) is 5.37. The predicted molar refractivity (Wildman–Crippen MR) is 87.6 cm³/mol. The Morgan fingerprint density at radius 3 is 2.50 bits per heavy atom. The van der Waals surface area contributed by atoms with Gasteiger partial charge < -0.3 is 10.4 Å². The van der Waals surface area contributed by atoms with Crippen LogP contribution < -0.4 is 5.32 Å². The highest BCUT2D eigenvalue weighted by atomic mass is 79.9. The van der Waals surface area contributed by atoms with E-state index < -0.39 is 0 Å². The number of nitrogens with one attached hydrogen (secondary N) is 1. The van der Waals surface area contributed by atoms with E-state index >= 15 is 0 Å². The third-order valence-corrected chi connectivity index (χ3v) is 3.44. The zero-order valence-corrected chi connectivity index (χ0v) is 13.0. The van der Waals surface area contributed by atoms with Crippen molar-refractivity contribution >= 4 is 27.7 Å². The van der Waals surface area contributed by atoms with Crippen molar-refractivity contribution in [1.29, 1.82) is 0 Å². The molecule has 3 aromatic rings. The summed E-state index contributed by atoms with van der Waals surface area (Å²) in [5, 5.41) is 24.0. The van der Waals surface area contributed by atoms with Gasteiger partial charge in [-0.1, -0.05) is 15.9 Å². The Morgan fingerprint density at radius 2 is 1.77 bits per heavy atom. The quantitative estimate of drug-likeness (QED) is 0.701. The first kappa shape index (κ1) is 14.3. The maximum absolute atomic E-state index is 9.24. The number of phenolic OH excluding ortho intramolecular Hbond substituents is 1. The number of rotatable bonds is 4. The van der Waals surface area contributed by atoms with Gasteiger partial charge in [0.15, 0.2) is 5.82 Å². The summed E-state index contributed by atoms with van der Waals surface area (Å²) < 4.78 is 2.64. The lowest BCUT2D eigenvalue weighted by molar-refractivity contribution is 0.475. The molecular formula is C15H12BrN5O. The van der Waals surface area contributed by atoms with Gasteiger partial charge in [-0.3, -0.25) is 0 Å². The van der Waals surface area contributed by atoms with Gasteiger partial charge in [0.25, 0.3) is 0 Å². The van der Waals surface area contributed by atoms with E-state index in [2.05, 4.69) is 36.8 Å². The second-order valence-electron chi connectivity index (χ2n) is 4.45. The van der Waals surface area contributed by atoms with Gasteiger partial charge in [-0.15, -0.1) is 5.10 Å². The molecule has 0 saturated carbocycles. The summed E-state index contributed by atoms with van der Waals surface area (Å²) in [7, 11) is 0. The first-order valence-electron chi connectivity index (χ1n) is 6.49. The van der Waals surface area contributed by atoms with Crippen LogP contribution in [0.1, 0.15) is 5.82 Å². The molecule has 0 saturated heterocycles. The first-order valence-corrected chi connectivity index (χ1v) is 7.28. The molecule has 1 aromatic heterocycles. The number of aromatic nitrogens is 4. The molecule has 0 atom stereocenters. The summed E-state index contributed by atoms with van der Waals surface area (Å²) >= 11 is 3.40. The fraction of sp³-hybridized carbons (Fsp3) is 0. The van der Waals surface area contributed by atoms with Crippen molar-refractivity contribution in [3.05, 3.63) is 65.0 Å². The van der Waals surface area contributed by atoms with Crippen LogP contribution in [0.2, 0.25) is 0 Å². The number of halogens is 1. The van der Waals surface area contributed by atoms with Crippen LogP contribution in [0.3, 0.4) is 0 Å². The summed E-state index contributed by atoms with van der Waals surface area (Å²) in [5.74, 6) is 0.835. The van der Waals surface area contributed by atoms with Crippen LogP contribution in [0.5, 0.6) is 5.75 Å². The Morgan fingerprint density at radius 1 is 1.05 bits per heavy atom. The fourth-order valence-electron chi connectivity index (χ4n) is 1.83. The second kappa shape index (κ2) is 6.40. The number of anilines is 1. The Bertz CT molecular complexity index is 780. The summed E-state index contributed by atoms with van der Waals surface area (Å²) in [6, 6.07) is 14.5. The molecule has 3 rings (SSSR count). The number of nitrogens with zero attached hydrogens (tertiary/aromatic N) is 4. The minimum atomic E-state index is 0.230. The Hall–Kier alpha value is -2.67. The number of aromatic hydroxyl groups is 1. The molecule has 22 heavy (non-hydrogen) atoms. The van der Waals surface area contributed by atoms with E-state index in [1.807, 2.05) is 24.3 Å². The molecule has 0 aliphatic heterocycles. The SMILES string of the molecule is Oc1ccc(N/C=C\c2nnnn2-c2ccc(Br)cc2)cc1. The van der Waals surface area contributed by atoms with Gasteiger partial charge in [-0.05, 0) is 59.0 Å². The summed E-state index contributed by atoms with van der Waals surface area (Å²) in [6.45, 7) is 0. The molecule has 0 aliphatic rings. The average Bonchev–Trinajstić information content (AvgIpc) is 2.98. The molecule has 0 aliphatic carbocycles. The molecular weight excluding hydrogens is 346 g/mol. The van der Waals surface area contributed by atoms with Crippen molar-refractivity contribution in [2.24, 2.45) is 0 Å². The lowest BCUT2D eigenvalue weighted by atomic mass is 10.3. The lowest BCUT2D eigenvalue weighted by Crippen LogP contribution is -1.99. The van der Waals surface area contributed by atoms with E-state index in [1.165, 1.54) is 0 Å². The van der Waals surface area contributed by atoms with Crippen LogP contribution in [0.4, 0.5) is 5.69 Å². The molecule has 2 N–H and O–H groups in total. The highest BCUT2D eigenvalue weighted by Crippen LogP contribution is 2.15. The highest BCUT2D eigenvalue weighted by Gasteiger charge is 2.04. The highest BCUT2D eigenvalue weighted by molar-refractivity contribution is 9.10. The predicted octanol–water partition coefficient (Wildman–Crippen LogP) is 3.21. The minimum absolute atomic E-state index is 0.230. The van der Waals surface area contributed by atoms with Crippen molar-refractivity contribution in [1.82, 2.24) is 20.2 Å². The van der Waals surface area contributed by atoms with Gasteiger partial charge in [0.1, 0.15) is 5.75 Å². The number of tetrazole rings is 1. The van der Waals surface area contributed by atoms with Crippen molar-refractivity contribution < 1.29 is 5.11 Å². The van der Waals surface area contributed by atoms with Crippen molar-refractivity contribution in [2.45, 2.75) is 0 Å². The molecule has 110 valence electrons. The lowest BCUT2D eigenvalue weighted by Gasteiger charge is -2.02. The Balaban J connectivity index is 1.76. The average molecular weight is 358 g/mol. The molecule has 0 spiro atoms. The maximum Gasteiger partial charge on any atom is 0.181 e. The third kappa shape index (κ3) is 3.32. The van der Waals surface area contributed by atoms with E-state index in [0.29, 0.717) is 5.82 Å². The van der Waals surface area contributed by atoms with Crippen molar-refractivity contribution in [2.75, 3.05) is 5.32 Å². The maximum atomic E-state index is 9.24. The Kier molecular flexibility index (Phi) is 4.15. The van der Waals surface area contributed by atoms with E-state index in [-0.39, 0.29) is 5.75 Å². The summed E-state index contributed by atoms with van der Waals surface area (Å²) in [6.07, 6.45) is 3.52. The van der Waals surface area contributed by atoms with E-state index in [0.717, 1.165) is 15.8 Å². The van der Waals surface area contributed by atoms with Gasteiger partial charge in [0.05, 0.1) is 5.69 Å². The van der Waals surface area contributed by atoms with Crippen molar-refractivity contribution in [3.8, 4) is 11.4 Å². The van der Waals surface area contributed by atoms with E-state index in [9.17, 15) is 5.11 Å². The summed E-state index contributed by atoms with van der Waals surface area (Å²) in [5.41, 5.74) is 1.73. The minimum Gasteiger partial charge on any atom is -0.508 e. The molecule has 2 aromatic carbocycles. The number of hydrogen-bond acceptors (Lipinski definition) is 5. The normalized spacial score (nSPS) is 11.0. The zero-order chi connectivity index (χ0) is 15.4. The van der Waals surface area contributed by atoms with Crippen molar-refractivity contribution in [3.63, 3.8) is 0 Å². The van der Waals surface area contributed by atoms with E-state index in [4.69, 9.17) is 0 Å². The van der Waals surface area contributed by atoms with Gasteiger partial charge in [0, 0.05) is 22.4 Å².